The van der Waals surface area contributed by atoms with Gasteiger partial charge in [-0.3, -0.25) is 0 Å². The highest BCUT2D eigenvalue weighted by Crippen LogP contribution is 2.55. The van der Waals surface area contributed by atoms with E-state index in [1.54, 1.807) is 0 Å². The molecule has 14 rings (SSSR count). The van der Waals surface area contributed by atoms with Crippen molar-refractivity contribution in [2.24, 2.45) is 0 Å². The molecule has 10 aromatic carbocycles. The quantitative estimate of drug-likeness (QED) is 0.120. The molecule has 2 aliphatic rings. The van der Waals surface area contributed by atoms with Crippen molar-refractivity contribution in [1.29, 1.82) is 0 Å². The summed E-state index contributed by atoms with van der Waals surface area (Å²) in [5, 5.41) is 5.05. The van der Waals surface area contributed by atoms with Crippen LogP contribution < -0.4 is 0 Å². The SMILES string of the molecule is CC1(C)c2ccccc2-c2cc3c4cc(-c5ccc6c(c5)c5cc7c(cc5n6-c5ccc(-c6ccccc6)cc5)C(C)(I)c5ccccc5-7)ccc4n(-c4ccc(-c5ccccc5)cc4)c3cc21. The summed E-state index contributed by atoms with van der Waals surface area (Å²) in [4.78, 5) is 0. The summed E-state index contributed by atoms with van der Waals surface area (Å²) < 4.78 is 4.83. The van der Waals surface area contributed by atoms with Gasteiger partial charge in [-0.2, -0.15) is 0 Å². The maximum atomic E-state index is 2.67. The summed E-state index contributed by atoms with van der Waals surface area (Å²) in [5.41, 5.74) is 25.2. The van der Waals surface area contributed by atoms with Crippen LogP contribution in [0.3, 0.4) is 0 Å². The molecule has 12 aromatic rings. The van der Waals surface area contributed by atoms with Crippen molar-refractivity contribution in [2.75, 3.05) is 0 Å². The van der Waals surface area contributed by atoms with Crippen molar-refractivity contribution >= 4 is 66.2 Å². The fourth-order valence-electron chi connectivity index (χ4n) is 11.9. The van der Waals surface area contributed by atoms with Gasteiger partial charge in [-0.25, -0.2) is 0 Å². The number of hydrogen-bond donors (Lipinski definition) is 0. The fourth-order valence-corrected chi connectivity index (χ4v) is 12.9. The van der Waals surface area contributed by atoms with Crippen molar-refractivity contribution in [3.05, 3.63) is 241 Å². The Balaban J connectivity index is 0.979. The lowest BCUT2D eigenvalue weighted by atomic mass is 9.82. The monoisotopic (exact) mass is 980 g/mol. The Bertz CT molecular complexity index is 3770. The van der Waals surface area contributed by atoms with Crippen LogP contribution in [0.25, 0.3) is 111 Å². The van der Waals surface area contributed by atoms with Crippen LogP contribution in [0, 0.1) is 0 Å². The first-order valence-electron chi connectivity index (χ1n) is 23.7. The number of benzene rings is 10. The Kier molecular flexibility index (Phi) is 8.47. The Morgan fingerprint density at radius 2 is 0.676 bits per heavy atom. The van der Waals surface area contributed by atoms with Crippen molar-refractivity contribution in [2.45, 2.75) is 29.6 Å². The van der Waals surface area contributed by atoms with Gasteiger partial charge in [0.05, 0.1) is 25.5 Å². The highest BCUT2D eigenvalue weighted by atomic mass is 127. The molecule has 322 valence electrons. The number of alkyl halides is 1. The van der Waals surface area contributed by atoms with Gasteiger partial charge >= 0.3 is 0 Å². The van der Waals surface area contributed by atoms with Crippen molar-refractivity contribution < 1.29 is 0 Å². The third-order valence-electron chi connectivity index (χ3n) is 15.4. The summed E-state index contributed by atoms with van der Waals surface area (Å²) in [7, 11) is 0. The molecule has 0 N–H and O–H groups in total. The molecule has 2 aliphatic carbocycles. The van der Waals surface area contributed by atoms with E-state index in [2.05, 4.69) is 271 Å². The second-order valence-electron chi connectivity index (χ2n) is 19.5. The molecule has 0 saturated heterocycles. The highest BCUT2D eigenvalue weighted by molar-refractivity contribution is 14.1. The Labute approximate surface area is 409 Å². The summed E-state index contributed by atoms with van der Waals surface area (Å²) >= 11 is 2.67. The van der Waals surface area contributed by atoms with Crippen molar-refractivity contribution in [3.63, 3.8) is 0 Å². The number of rotatable bonds is 5. The van der Waals surface area contributed by atoms with Crippen LogP contribution in [0.1, 0.15) is 43.0 Å². The fraction of sp³-hybridized carbons (Fsp3) is 0.0769. The summed E-state index contributed by atoms with van der Waals surface area (Å²) in [6.45, 7) is 7.12. The largest absolute Gasteiger partial charge is 0.309 e. The van der Waals surface area contributed by atoms with Crippen LogP contribution in [-0.4, -0.2) is 9.13 Å². The minimum absolute atomic E-state index is 0.111. The van der Waals surface area contributed by atoms with Crippen LogP contribution in [0.15, 0.2) is 218 Å². The van der Waals surface area contributed by atoms with E-state index in [1.165, 1.54) is 122 Å². The molecule has 0 fully saturated rings. The number of halogens is 1. The topological polar surface area (TPSA) is 9.86 Å². The molecule has 0 bridgehead atoms. The summed E-state index contributed by atoms with van der Waals surface area (Å²) in [6, 6.07) is 81.7. The van der Waals surface area contributed by atoms with E-state index < -0.39 is 0 Å². The van der Waals surface area contributed by atoms with Gasteiger partial charge in [-0.1, -0.05) is 182 Å². The molecule has 2 heterocycles. The van der Waals surface area contributed by atoms with E-state index in [9.17, 15) is 0 Å². The molecule has 2 nitrogen and oxygen atoms in total. The number of fused-ring (bicyclic) bond motifs is 12. The minimum Gasteiger partial charge on any atom is -0.309 e. The third-order valence-corrected chi connectivity index (χ3v) is 16.6. The highest BCUT2D eigenvalue weighted by Gasteiger charge is 2.38. The molecule has 2 aromatic heterocycles. The molecule has 0 aliphatic heterocycles. The van der Waals surface area contributed by atoms with Gasteiger partial charge in [0.2, 0.25) is 0 Å². The van der Waals surface area contributed by atoms with Crippen molar-refractivity contribution in [1.82, 2.24) is 9.13 Å². The van der Waals surface area contributed by atoms with Crippen LogP contribution in [0.4, 0.5) is 0 Å². The summed E-state index contributed by atoms with van der Waals surface area (Å²) in [5.74, 6) is 0. The lowest BCUT2D eigenvalue weighted by molar-refractivity contribution is 0.661. The second kappa shape index (κ2) is 14.5. The average Bonchev–Trinajstić information content (AvgIpc) is 4.03. The van der Waals surface area contributed by atoms with Crippen molar-refractivity contribution in [3.8, 4) is 67.0 Å². The van der Waals surface area contributed by atoms with Gasteiger partial charge in [-0.15, -0.1) is 0 Å². The third kappa shape index (κ3) is 5.69. The van der Waals surface area contributed by atoms with Crippen LogP contribution in [0.2, 0.25) is 0 Å². The zero-order chi connectivity index (χ0) is 45.5. The van der Waals surface area contributed by atoms with E-state index in [0.29, 0.717) is 0 Å². The van der Waals surface area contributed by atoms with E-state index in [4.69, 9.17) is 0 Å². The lowest BCUT2D eigenvalue weighted by Gasteiger charge is -2.21. The molecule has 1 atom stereocenters. The Morgan fingerprint density at radius 1 is 0.294 bits per heavy atom. The number of aromatic nitrogens is 2. The maximum absolute atomic E-state index is 2.67. The molecular weight excluding hydrogens is 936 g/mol. The molecule has 3 heteroatoms. The molecule has 1 unspecified atom stereocenters. The first-order valence-corrected chi connectivity index (χ1v) is 24.8. The van der Waals surface area contributed by atoms with Crippen LogP contribution >= 0.6 is 22.6 Å². The average molecular weight is 981 g/mol. The standard InChI is InChI=1S/C65H45IN2/c1-64(2)56-20-12-10-18-48(56)50-36-54-52-34-44(26-32-60(52)67(62(54)38-58(50)64)46-28-22-42(23-29-46)40-14-6-4-7-15-40)45-27-33-61-53(35-45)55-37-51-49-19-11-13-21-57(49)65(3,66)59(51)39-63(55)68(61)47-30-24-43(25-31-47)41-16-8-5-9-17-41/h4-39H,1-3H3. The number of hydrogen-bond acceptors (Lipinski definition) is 0. The summed E-state index contributed by atoms with van der Waals surface area (Å²) in [6.07, 6.45) is 0. The Morgan fingerprint density at radius 3 is 1.19 bits per heavy atom. The molecular formula is C65H45IN2. The predicted octanol–water partition coefficient (Wildman–Crippen LogP) is 17.9. The Hall–Kier alpha value is -7.47. The van der Waals surface area contributed by atoms with Gasteiger partial charge < -0.3 is 9.13 Å². The first-order chi connectivity index (χ1) is 33.2. The number of nitrogens with zero attached hydrogens (tertiary/aromatic N) is 2. The predicted molar refractivity (Wildman–Crippen MR) is 295 cm³/mol. The van der Waals surface area contributed by atoms with Gasteiger partial charge in [0.15, 0.2) is 0 Å². The molecule has 0 amide bonds. The zero-order valence-electron chi connectivity index (χ0n) is 38.1. The molecule has 0 saturated carbocycles. The normalized spacial score (nSPS) is 15.5. The van der Waals surface area contributed by atoms with Gasteiger partial charge in [0.25, 0.3) is 0 Å². The van der Waals surface area contributed by atoms with Gasteiger partial charge in [-0.05, 0) is 158 Å². The zero-order valence-corrected chi connectivity index (χ0v) is 40.2. The van der Waals surface area contributed by atoms with Crippen LogP contribution in [0.5, 0.6) is 0 Å². The minimum atomic E-state index is -0.141. The maximum Gasteiger partial charge on any atom is 0.0703 e. The van der Waals surface area contributed by atoms with E-state index in [0.717, 1.165) is 11.4 Å². The van der Waals surface area contributed by atoms with Crippen LogP contribution in [-0.2, 0) is 8.84 Å². The van der Waals surface area contributed by atoms with Gasteiger partial charge in [0, 0.05) is 38.3 Å². The first kappa shape index (κ1) is 39.7. The molecule has 0 radical (unpaired) electrons. The van der Waals surface area contributed by atoms with E-state index in [-0.39, 0.29) is 8.84 Å². The van der Waals surface area contributed by atoms with E-state index in [1.807, 2.05) is 0 Å². The second-order valence-corrected chi connectivity index (χ2v) is 21.7. The van der Waals surface area contributed by atoms with E-state index >= 15 is 0 Å². The van der Waals surface area contributed by atoms with Gasteiger partial charge in [0.1, 0.15) is 0 Å². The molecule has 0 spiro atoms. The smallest absolute Gasteiger partial charge is 0.0703 e. The molecule has 68 heavy (non-hydrogen) atoms. The lowest BCUT2D eigenvalue weighted by Crippen LogP contribution is -2.14.